The molecule has 0 radical (unpaired) electrons. The quantitative estimate of drug-likeness (QED) is 0.162. The van der Waals surface area contributed by atoms with Gasteiger partial charge in [0, 0.05) is 0 Å². The second kappa shape index (κ2) is 9.69. The van der Waals surface area contributed by atoms with E-state index in [-0.39, 0.29) is 0 Å². The van der Waals surface area contributed by atoms with Gasteiger partial charge >= 0.3 is 8.80 Å². The topological polar surface area (TPSA) is 0 Å². The molecule has 0 N–H and O–H groups in total. The van der Waals surface area contributed by atoms with Crippen molar-refractivity contribution in [3.8, 4) is 33.4 Å². The van der Waals surface area contributed by atoms with Gasteiger partial charge in [-0.25, -0.2) is 0 Å². The van der Waals surface area contributed by atoms with Gasteiger partial charge in [-0.05, 0) is 96.0 Å². The lowest BCUT2D eigenvalue weighted by Crippen LogP contribution is -2.21. The van der Waals surface area contributed by atoms with Crippen LogP contribution in [0.2, 0.25) is 13.1 Å². The van der Waals surface area contributed by atoms with E-state index in [1.54, 1.807) is 0 Å². The minimum Gasteiger partial charge on any atom is -0.0616 e. The van der Waals surface area contributed by atoms with Gasteiger partial charge in [-0.3, -0.25) is 0 Å². The zero-order valence-corrected chi connectivity index (χ0v) is 23.3. The lowest BCUT2D eigenvalue weighted by Gasteiger charge is -2.12. The van der Waals surface area contributed by atoms with Gasteiger partial charge in [0.05, 0.1) is 18.3 Å². The van der Waals surface area contributed by atoms with E-state index < -0.39 is 8.80 Å². The summed E-state index contributed by atoms with van der Waals surface area (Å²) < 4.78 is 0. The molecule has 0 amide bonds. The molecule has 0 heterocycles. The lowest BCUT2D eigenvalue weighted by atomic mass is 9.91. The molecule has 7 rings (SSSR count). The molecule has 0 aliphatic heterocycles. The first-order chi connectivity index (χ1) is 19.1. The van der Waals surface area contributed by atoms with Gasteiger partial charge in [0.15, 0.2) is 0 Å². The Bertz CT molecular complexity index is 1980. The van der Waals surface area contributed by atoms with Crippen LogP contribution in [0.4, 0.5) is 0 Å². The standard InChI is InChI=1S/C38H29Si/c1-39(2)34-21-20-30-22-29(18-19-31(30)24-34)27-16-14-26(15-17-27)28-9-7-10-32(23-28)38-25-33-8-3-4-11-35(33)36-12-5-6-13-37(36)38/h3-25H,1-2H3/q+1. The molecule has 7 aromatic carbocycles. The zero-order valence-electron chi connectivity index (χ0n) is 22.3. The third-order valence-corrected chi connectivity index (χ3v) is 9.38. The van der Waals surface area contributed by atoms with Crippen LogP contribution in [0.5, 0.6) is 0 Å². The van der Waals surface area contributed by atoms with E-state index in [9.17, 15) is 0 Å². The van der Waals surface area contributed by atoms with Crippen molar-refractivity contribution in [2.75, 3.05) is 0 Å². The number of benzene rings is 7. The van der Waals surface area contributed by atoms with Crippen molar-refractivity contribution in [1.29, 1.82) is 0 Å². The molecule has 0 spiro atoms. The first-order valence-electron chi connectivity index (χ1n) is 13.6. The van der Waals surface area contributed by atoms with Crippen molar-refractivity contribution in [1.82, 2.24) is 0 Å². The molecule has 0 bridgehead atoms. The Morgan fingerprint density at radius 3 is 1.72 bits per heavy atom. The number of fused-ring (bicyclic) bond motifs is 4. The molecule has 184 valence electrons. The fourth-order valence-corrected chi connectivity index (χ4v) is 6.61. The summed E-state index contributed by atoms with van der Waals surface area (Å²) in [6, 6.07) is 51.5. The van der Waals surface area contributed by atoms with E-state index in [0.29, 0.717) is 0 Å². The third kappa shape index (κ3) is 4.35. The smallest absolute Gasteiger partial charge is 0.0616 e. The monoisotopic (exact) mass is 513 g/mol. The Morgan fingerprint density at radius 1 is 0.359 bits per heavy atom. The molecule has 0 aliphatic rings. The maximum atomic E-state index is 2.36. The average molecular weight is 514 g/mol. The predicted octanol–water partition coefficient (Wildman–Crippen LogP) is 10.1. The Hall–Kier alpha value is -4.46. The van der Waals surface area contributed by atoms with E-state index in [1.165, 1.54) is 70.9 Å². The third-order valence-electron chi connectivity index (χ3n) is 7.91. The summed E-state index contributed by atoms with van der Waals surface area (Å²) in [7, 11) is -0.436. The van der Waals surface area contributed by atoms with Crippen molar-refractivity contribution in [2.24, 2.45) is 0 Å². The largest absolute Gasteiger partial charge is 0.345 e. The normalized spacial score (nSPS) is 11.3. The molecule has 0 saturated carbocycles. The highest BCUT2D eigenvalue weighted by Gasteiger charge is 2.15. The van der Waals surface area contributed by atoms with Gasteiger partial charge in [0.1, 0.15) is 0 Å². The van der Waals surface area contributed by atoms with Crippen LogP contribution in [0.3, 0.4) is 0 Å². The van der Waals surface area contributed by atoms with Gasteiger partial charge in [0.25, 0.3) is 0 Å². The number of hydrogen-bond acceptors (Lipinski definition) is 0. The van der Waals surface area contributed by atoms with Crippen LogP contribution in [0, 0.1) is 0 Å². The molecular weight excluding hydrogens is 485 g/mol. The van der Waals surface area contributed by atoms with Gasteiger partial charge < -0.3 is 0 Å². The van der Waals surface area contributed by atoms with Crippen LogP contribution in [0.25, 0.3) is 65.7 Å². The van der Waals surface area contributed by atoms with E-state index in [0.717, 1.165) is 0 Å². The summed E-state index contributed by atoms with van der Waals surface area (Å²) >= 11 is 0. The first kappa shape index (κ1) is 23.6. The van der Waals surface area contributed by atoms with Crippen molar-refractivity contribution in [2.45, 2.75) is 13.1 Å². The molecule has 1 heteroatoms. The molecule has 0 saturated heterocycles. The highest BCUT2D eigenvalue weighted by molar-refractivity contribution is 6.70. The Kier molecular flexibility index (Phi) is 5.87. The maximum Gasteiger partial charge on any atom is 0.345 e. The van der Waals surface area contributed by atoms with Crippen LogP contribution < -0.4 is 5.19 Å². The van der Waals surface area contributed by atoms with E-state index in [1.807, 2.05) is 0 Å². The van der Waals surface area contributed by atoms with Crippen LogP contribution >= 0.6 is 0 Å². The molecule has 0 aliphatic carbocycles. The van der Waals surface area contributed by atoms with Gasteiger partial charge in [-0.2, -0.15) is 0 Å². The molecule has 7 aromatic rings. The van der Waals surface area contributed by atoms with E-state index in [4.69, 9.17) is 0 Å². The summed E-state index contributed by atoms with van der Waals surface area (Å²) in [6.07, 6.45) is 0. The predicted molar refractivity (Wildman–Crippen MR) is 172 cm³/mol. The fraction of sp³-hybridized carbons (Fsp3) is 0.0526. The Labute approximate surface area is 231 Å². The number of rotatable bonds is 4. The van der Waals surface area contributed by atoms with Crippen LogP contribution in [0.1, 0.15) is 0 Å². The molecule has 0 nitrogen and oxygen atoms in total. The summed E-state index contributed by atoms with van der Waals surface area (Å²) in [5, 5.41) is 9.30. The summed E-state index contributed by atoms with van der Waals surface area (Å²) in [5.41, 5.74) is 7.50. The minimum atomic E-state index is -0.436. The van der Waals surface area contributed by atoms with Crippen molar-refractivity contribution < 1.29 is 0 Å². The van der Waals surface area contributed by atoms with Gasteiger partial charge in [0.2, 0.25) is 0 Å². The highest BCUT2D eigenvalue weighted by Crippen LogP contribution is 2.36. The van der Waals surface area contributed by atoms with Crippen LogP contribution in [0.15, 0.2) is 140 Å². The highest BCUT2D eigenvalue weighted by atomic mass is 28.3. The van der Waals surface area contributed by atoms with E-state index in [2.05, 4.69) is 153 Å². The van der Waals surface area contributed by atoms with E-state index >= 15 is 0 Å². The average Bonchev–Trinajstić information content (AvgIpc) is 3.00. The number of hydrogen-bond donors (Lipinski definition) is 0. The summed E-state index contributed by atoms with van der Waals surface area (Å²) in [5.74, 6) is 0. The Balaban J connectivity index is 1.25. The molecule has 0 atom stereocenters. The second-order valence-electron chi connectivity index (χ2n) is 10.6. The first-order valence-corrected chi connectivity index (χ1v) is 16.1. The van der Waals surface area contributed by atoms with Crippen molar-refractivity contribution in [3.63, 3.8) is 0 Å². The molecule has 39 heavy (non-hydrogen) atoms. The second-order valence-corrected chi connectivity index (χ2v) is 13.2. The van der Waals surface area contributed by atoms with Crippen molar-refractivity contribution in [3.05, 3.63) is 140 Å². The van der Waals surface area contributed by atoms with Gasteiger partial charge in [-0.1, -0.05) is 109 Å². The fourth-order valence-electron chi connectivity index (χ4n) is 5.75. The lowest BCUT2D eigenvalue weighted by molar-refractivity contribution is 1.59. The van der Waals surface area contributed by atoms with Crippen LogP contribution in [-0.4, -0.2) is 8.80 Å². The van der Waals surface area contributed by atoms with Gasteiger partial charge in [-0.15, -0.1) is 0 Å². The summed E-state index contributed by atoms with van der Waals surface area (Å²) in [4.78, 5) is 0. The maximum absolute atomic E-state index is 2.36. The Morgan fingerprint density at radius 2 is 0.949 bits per heavy atom. The molecule has 0 unspecified atom stereocenters. The molecule has 0 aromatic heterocycles. The van der Waals surface area contributed by atoms with Crippen molar-refractivity contribution >= 4 is 46.3 Å². The summed E-state index contributed by atoms with van der Waals surface area (Å²) in [6.45, 7) is 4.70. The SMILES string of the molecule is C[Si+](C)c1ccc2cc(-c3ccc(-c4cccc(-c5cc6ccccc6c6ccccc56)c4)cc3)ccc2c1. The minimum absolute atomic E-state index is 0.436. The zero-order chi connectivity index (χ0) is 26.3. The van der Waals surface area contributed by atoms with Crippen LogP contribution in [-0.2, 0) is 0 Å². The molecule has 0 fully saturated rings. The molecular formula is C38H29Si+.